The van der Waals surface area contributed by atoms with Crippen LogP contribution in [0.15, 0.2) is 42.6 Å². The molecule has 0 unspecified atom stereocenters. The van der Waals surface area contributed by atoms with E-state index >= 15 is 0 Å². The molecule has 0 N–H and O–H groups in total. The van der Waals surface area contributed by atoms with Crippen LogP contribution in [0.25, 0.3) is 11.1 Å². The monoisotopic (exact) mass is 287 g/mol. The Morgan fingerprint density at radius 2 is 1.75 bits per heavy atom. The van der Waals surface area contributed by atoms with Gasteiger partial charge in [-0.05, 0) is 36.1 Å². The quantitative estimate of drug-likeness (QED) is 0.455. The van der Waals surface area contributed by atoms with Gasteiger partial charge in [-0.15, -0.1) is 0 Å². The van der Waals surface area contributed by atoms with E-state index in [9.17, 15) is 0 Å². The number of aryl methyl sites for hydroxylation is 1. The number of aromatic nitrogens is 1. The summed E-state index contributed by atoms with van der Waals surface area (Å²) in [4.78, 5) is 4.18. The Bertz CT molecular complexity index is 519. The first kappa shape index (κ1) is 15.1. The number of benzene rings is 1. The van der Waals surface area contributed by atoms with Gasteiger partial charge in [-0.1, -0.05) is 68.5 Å². The SMILES string of the molecule is CCCCCCCc1ccccc1-c1ccc(Cl)nc1. The minimum atomic E-state index is 0.547. The first-order valence-corrected chi connectivity index (χ1v) is 7.89. The molecule has 0 spiro atoms. The molecule has 0 aliphatic carbocycles. The summed E-state index contributed by atoms with van der Waals surface area (Å²) in [5.74, 6) is 0. The Morgan fingerprint density at radius 3 is 2.50 bits per heavy atom. The smallest absolute Gasteiger partial charge is 0.129 e. The number of pyridine rings is 1. The number of hydrogen-bond donors (Lipinski definition) is 0. The number of halogens is 1. The van der Waals surface area contributed by atoms with Crippen molar-refractivity contribution in [1.29, 1.82) is 0 Å². The molecule has 0 saturated heterocycles. The highest BCUT2D eigenvalue weighted by Gasteiger charge is 2.05. The van der Waals surface area contributed by atoms with Gasteiger partial charge in [-0.25, -0.2) is 4.98 Å². The van der Waals surface area contributed by atoms with E-state index in [0.29, 0.717) is 5.15 Å². The molecule has 1 aromatic carbocycles. The fraction of sp³-hybridized carbons (Fsp3) is 0.389. The van der Waals surface area contributed by atoms with Gasteiger partial charge in [0.2, 0.25) is 0 Å². The van der Waals surface area contributed by atoms with E-state index in [1.165, 1.54) is 43.2 Å². The lowest BCUT2D eigenvalue weighted by atomic mass is 9.96. The zero-order valence-corrected chi connectivity index (χ0v) is 12.9. The Balaban J connectivity index is 2.04. The predicted molar refractivity (Wildman–Crippen MR) is 87.1 cm³/mol. The van der Waals surface area contributed by atoms with Crippen molar-refractivity contribution in [2.75, 3.05) is 0 Å². The van der Waals surface area contributed by atoms with Crippen molar-refractivity contribution in [3.8, 4) is 11.1 Å². The third-order valence-corrected chi connectivity index (χ3v) is 3.83. The zero-order chi connectivity index (χ0) is 14.2. The van der Waals surface area contributed by atoms with Crippen molar-refractivity contribution >= 4 is 11.6 Å². The van der Waals surface area contributed by atoms with Gasteiger partial charge in [0.1, 0.15) is 5.15 Å². The maximum absolute atomic E-state index is 5.86. The topological polar surface area (TPSA) is 12.9 Å². The van der Waals surface area contributed by atoms with E-state index in [1.54, 1.807) is 0 Å². The highest BCUT2D eigenvalue weighted by molar-refractivity contribution is 6.29. The molecule has 0 aliphatic rings. The van der Waals surface area contributed by atoms with Crippen LogP contribution in [0.1, 0.15) is 44.6 Å². The molecular formula is C18H22ClN. The molecule has 2 heteroatoms. The molecule has 106 valence electrons. The second-order valence-electron chi connectivity index (χ2n) is 5.19. The average molecular weight is 288 g/mol. The molecule has 0 amide bonds. The van der Waals surface area contributed by atoms with Crippen molar-refractivity contribution in [1.82, 2.24) is 4.98 Å². The Morgan fingerprint density at radius 1 is 0.950 bits per heavy atom. The molecule has 0 bridgehead atoms. The van der Waals surface area contributed by atoms with Crippen molar-refractivity contribution in [2.45, 2.75) is 45.4 Å². The van der Waals surface area contributed by atoms with Gasteiger partial charge in [0.25, 0.3) is 0 Å². The highest BCUT2D eigenvalue weighted by Crippen LogP contribution is 2.25. The lowest BCUT2D eigenvalue weighted by Gasteiger charge is -2.09. The highest BCUT2D eigenvalue weighted by atomic mass is 35.5. The molecular weight excluding hydrogens is 266 g/mol. The normalized spacial score (nSPS) is 10.7. The molecule has 0 radical (unpaired) electrons. The second-order valence-corrected chi connectivity index (χ2v) is 5.58. The van der Waals surface area contributed by atoms with Gasteiger partial charge in [0, 0.05) is 11.8 Å². The summed E-state index contributed by atoms with van der Waals surface area (Å²) in [5, 5.41) is 0.547. The minimum absolute atomic E-state index is 0.547. The van der Waals surface area contributed by atoms with Crippen molar-refractivity contribution in [3.05, 3.63) is 53.3 Å². The van der Waals surface area contributed by atoms with E-state index in [-0.39, 0.29) is 0 Å². The molecule has 0 saturated carbocycles. The molecule has 2 aromatic rings. The molecule has 1 nitrogen and oxygen atoms in total. The number of unbranched alkanes of at least 4 members (excludes halogenated alkanes) is 4. The lowest BCUT2D eigenvalue weighted by molar-refractivity contribution is 0.632. The predicted octanol–water partition coefficient (Wildman–Crippen LogP) is 5.91. The van der Waals surface area contributed by atoms with Crippen LogP contribution in [0.3, 0.4) is 0 Å². The van der Waals surface area contributed by atoms with Crippen LogP contribution >= 0.6 is 11.6 Å². The average Bonchev–Trinajstić information content (AvgIpc) is 2.48. The van der Waals surface area contributed by atoms with Gasteiger partial charge in [-0.3, -0.25) is 0 Å². The van der Waals surface area contributed by atoms with Crippen LogP contribution in [0.4, 0.5) is 0 Å². The number of rotatable bonds is 7. The standard InChI is InChI=1S/C18H22ClN/c1-2-3-4-5-6-9-15-10-7-8-11-17(15)16-12-13-18(19)20-14-16/h7-8,10-14H,2-6,9H2,1H3. The molecule has 1 heterocycles. The third-order valence-electron chi connectivity index (χ3n) is 3.61. The van der Waals surface area contributed by atoms with E-state index in [4.69, 9.17) is 11.6 Å². The van der Waals surface area contributed by atoms with Crippen molar-refractivity contribution < 1.29 is 0 Å². The summed E-state index contributed by atoms with van der Waals surface area (Å²) in [6.07, 6.45) is 9.58. The summed E-state index contributed by atoms with van der Waals surface area (Å²) >= 11 is 5.86. The number of nitrogens with zero attached hydrogens (tertiary/aromatic N) is 1. The van der Waals surface area contributed by atoms with Crippen LogP contribution < -0.4 is 0 Å². The van der Waals surface area contributed by atoms with Crippen LogP contribution in [-0.2, 0) is 6.42 Å². The fourth-order valence-electron chi connectivity index (χ4n) is 2.47. The van der Waals surface area contributed by atoms with Gasteiger partial charge < -0.3 is 0 Å². The summed E-state index contributed by atoms with van der Waals surface area (Å²) in [6, 6.07) is 12.5. The summed E-state index contributed by atoms with van der Waals surface area (Å²) < 4.78 is 0. The second kappa shape index (κ2) is 8.06. The van der Waals surface area contributed by atoms with E-state index < -0.39 is 0 Å². The molecule has 0 atom stereocenters. The van der Waals surface area contributed by atoms with Crippen LogP contribution in [0.5, 0.6) is 0 Å². The third kappa shape index (κ3) is 4.35. The van der Waals surface area contributed by atoms with Gasteiger partial charge >= 0.3 is 0 Å². The first-order valence-electron chi connectivity index (χ1n) is 7.51. The Labute approximate surface area is 127 Å². The van der Waals surface area contributed by atoms with Gasteiger partial charge in [-0.2, -0.15) is 0 Å². The minimum Gasteiger partial charge on any atom is -0.244 e. The molecule has 0 aliphatic heterocycles. The van der Waals surface area contributed by atoms with Crippen molar-refractivity contribution in [2.24, 2.45) is 0 Å². The van der Waals surface area contributed by atoms with E-state index in [0.717, 1.165) is 12.0 Å². The molecule has 2 rings (SSSR count). The van der Waals surface area contributed by atoms with Gasteiger partial charge in [0.05, 0.1) is 0 Å². The molecule has 20 heavy (non-hydrogen) atoms. The number of hydrogen-bond acceptors (Lipinski definition) is 1. The zero-order valence-electron chi connectivity index (χ0n) is 12.1. The van der Waals surface area contributed by atoms with Crippen LogP contribution in [0, 0.1) is 0 Å². The lowest BCUT2D eigenvalue weighted by Crippen LogP contribution is -1.91. The van der Waals surface area contributed by atoms with Gasteiger partial charge in [0.15, 0.2) is 0 Å². The maximum atomic E-state index is 5.86. The summed E-state index contributed by atoms with van der Waals surface area (Å²) in [5.41, 5.74) is 3.85. The van der Waals surface area contributed by atoms with Crippen LogP contribution in [-0.4, -0.2) is 4.98 Å². The van der Waals surface area contributed by atoms with E-state index in [2.05, 4.69) is 36.2 Å². The summed E-state index contributed by atoms with van der Waals surface area (Å²) in [6.45, 7) is 2.25. The van der Waals surface area contributed by atoms with Crippen molar-refractivity contribution in [3.63, 3.8) is 0 Å². The first-order chi connectivity index (χ1) is 9.81. The Kier molecular flexibility index (Phi) is 6.07. The summed E-state index contributed by atoms with van der Waals surface area (Å²) in [7, 11) is 0. The van der Waals surface area contributed by atoms with E-state index in [1.807, 2.05) is 18.3 Å². The Hall–Kier alpha value is -1.34. The molecule has 1 aromatic heterocycles. The molecule has 0 fully saturated rings. The maximum Gasteiger partial charge on any atom is 0.129 e. The van der Waals surface area contributed by atoms with Crippen LogP contribution in [0.2, 0.25) is 5.15 Å². The largest absolute Gasteiger partial charge is 0.244 e. The fourth-order valence-corrected chi connectivity index (χ4v) is 2.59.